The van der Waals surface area contributed by atoms with Gasteiger partial charge in [-0.15, -0.1) is 0 Å². The number of benzene rings is 1. The molecule has 0 bridgehead atoms. The molecule has 1 aromatic carbocycles. The van der Waals surface area contributed by atoms with E-state index in [1.165, 1.54) is 12.2 Å². The van der Waals surface area contributed by atoms with Crippen molar-refractivity contribution >= 4 is 12.2 Å². The average Bonchev–Trinajstić information content (AvgIpc) is 2.45. The number of fused-ring (bicyclic) bond motifs is 1. The molecule has 0 aliphatic heterocycles. The lowest BCUT2D eigenvalue weighted by Gasteiger charge is -2.32. The summed E-state index contributed by atoms with van der Waals surface area (Å²) < 4.78 is 69.8. The Hall–Kier alpha value is -2.16. The maximum absolute atomic E-state index is 13.6. The zero-order chi connectivity index (χ0) is 19.7. The van der Waals surface area contributed by atoms with Crippen molar-refractivity contribution < 1.29 is 31.5 Å². The molecule has 9 heteroatoms. The van der Waals surface area contributed by atoms with Gasteiger partial charge in [-0.3, -0.25) is 0 Å². The van der Waals surface area contributed by atoms with Gasteiger partial charge >= 0.3 is 12.3 Å². The van der Waals surface area contributed by atoms with Crippen molar-refractivity contribution in [3.8, 4) is 0 Å². The lowest BCUT2D eigenvalue weighted by Crippen LogP contribution is -2.48. The third-order valence-electron chi connectivity index (χ3n) is 3.51. The van der Waals surface area contributed by atoms with E-state index < -0.39 is 48.1 Å². The van der Waals surface area contributed by atoms with Crippen LogP contribution in [0.4, 0.5) is 26.7 Å². The molecule has 1 aliphatic carbocycles. The van der Waals surface area contributed by atoms with Crippen molar-refractivity contribution in [3.05, 3.63) is 41.0 Å². The van der Waals surface area contributed by atoms with E-state index in [0.29, 0.717) is 0 Å². The first-order chi connectivity index (χ1) is 11.9. The van der Waals surface area contributed by atoms with Gasteiger partial charge in [0.05, 0.1) is 18.6 Å². The molecular formula is C17H19F5N2O2. The van der Waals surface area contributed by atoms with Gasteiger partial charge in [-0.2, -0.15) is 13.2 Å². The zero-order valence-corrected chi connectivity index (χ0v) is 14.4. The van der Waals surface area contributed by atoms with Crippen LogP contribution >= 0.6 is 0 Å². The Kier molecular flexibility index (Phi) is 5.60. The topological polar surface area (TPSA) is 50.4 Å². The van der Waals surface area contributed by atoms with E-state index in [1.54, 1.807) is 20.8 Å². The Morgan fingerprint density at radius 1 is 1.15 bits per heavy atom. The minimum absolute atomic E-state index is 0.150. The van der Waals surface area contributed by atoms with E-state index in [1.807, 2.05) is 0 Å². The van der Waals surface area contributed by atoms with Crippen LogP contribution in [0, 0.1) is 11.6 Å². The summed E-state index contributed by atoms with van der Waals surface area (Å²) in [7, 11) is 0. The van der Waals surface area contributed by atoms with Gasteiger partial charge in [-0.05, 0) is 44.0 Å². The second kappa shape index (κ2) is 7.22. The monoisotopic (exact) mass is 378 g/mol. The van der Waals surface area contributed by atoms with Crippen LogP contribution < -0.4 is 10.6 Å². The van der Waals surface area contributed by atoms with Crippen LogP contribution in [0.25, 0.3) is 6.08 Å². The molecule has 0 heterocycles. The van der Waals surface area contributed by atoms with Crippen molar-refractivity contribution in [2.75, 3.05) is 6.54 Å². The SMILES string of the molecule is CC(C)(C)OC(=O)N[C@@H]1c2cc(F)c(F)cc2C=C[C@H]1NCC(F)(F)F. The van der Waals surface area contributed by atoms with Crippen molar-refractivity contribution in [2.24, 2.45) is 0 Å². The number of rotatable bonds is 3. The summed E-state index contributed by atoms with van der Waals surface area (Å²) in [5, 5.41) is 4.69. The van der Waals surface area contributed by atoms with E-state index in [0.717, 1.165) is 12.1 Å². The fraction of sp³-hybridized carbons (Fsp3) is 0.471. The summed E-state index contributed by atoms with van der Waals surface area (Å²) in [6.45, 7) is 3.55. The highest BCUT2D eigenvalue weighted by Crippen LogP contribution is 2.31. The Morgan fingerprint density at radius 3 is 2.35 bits per heavy atom. The molecule has 2 atom stereocenters. The number of alkyl carbamates (subject to hydrolysis) is 1. The second-order valence-electron chi connectivity index (χ2n) is 6.90. The van der Waals surface area contributed by atoms with Crippen LogP contribution in [0.5, 0.6) is 0 Å². The Bertz CT molecular complexity index is 710. The van der Waals surface area contributed by atoms with Crippen LogP contribution in [0.15, 0.2) is 18.2 Å². The van der Waals surface area contributed by atoms with E-state index in [-0.39, 0.29) is 11.1 Å². The van der Waals surface area contributed by atoms with Crippen molar-refractivity contribution in [2.45, 2.75) is 44.6 Å². The summed E-state index contributed by atoms with van der Waals surface area (Å²) in [4.78, 5) is 12.1. The lowest BCUT2D eigenvalue weighted by atomic mass is 9.89. The summed E-state index contributed by atoms with van der Waals surface area (Å²) >= 11 is 0. The predicted molar refractivity (Wildman–Crippen MR) is 85.3 cm³/mol. The van der Waals surface area contributed by atoms with E-state index in [4.69, 9.17) is 4.74 Å². The van der Waals surface area contributed by atoms with Crippen molar-refractivity contribution in [1.82, 2.24) is 10.6 Å². The number of halogens is 5. The van der Waals surface area contributed by atoms with Gasteiger partial charge < -0.3 is 15.4 Å². The van der Waals surface area contributed by atoms with Crippen molar-refractivity contribution in [1.29, 1.82) is 0 Å². The third kappa shape index (κ3) is 5.42. The predicted octanol–water partition coefficient (Wildman–Crippen LogP) is 4.08. The fourth-order valence-corrected chi connectivity index (χ4v) is 2.52. The minimum Gasteiger partial charge on any atom is -0.444 e. The molecule has 1 amide bonds. The smallest absolute Gasteiger partial charge is 0.408 e. The van der Waals surface area contributed by atoms with Crippen LogP contribution in [0.2, 0.25) is 0 Å². The number of alkyl halides is 3. The van der Waals surface area contributed by atoms with Gasteiger partial charge in [-0.25, -0.2) is 13.6 Å². The number of nitrogens with one attached hydrogen (secondary N) is 2. The maximum atomic E-state index is 13.6. The van der Waals surface area contributed by atoms with Gasteiger partial charge in [-0.1, -0.05) is 12.2 Å². The molecule has 0 fully saturated rings. The molecule has 4 nitrogen and oxygen atoms in total. The highest BCUT2D eigenvalue weighted by molar-refractivity contribution is 5.70. The molecule has 2 rings (SSSR count). The summed E-state index contributed by atoms with van der Waals surface area (Å²) in [6, 6.07) is -0.271. The van der Waals surface area contributed by atoms with Gasteiger partial charge in [0.2, 0.25) is 0 Å². The summed E-state index contributed by atoms with van der Waals surface area (Å²) in [5.74, 6) is -2.25. The molecule has 1 aliphatic rings. The molecule has 0 spiro atoms. The van der Waals surface area contributed by atoms with Crippen LogP contribution in [-0.4, -0.2) is 30.5 Å². The molecule has 0 saturated carbocycles. The van der Waals surface area contributed by atoms with Crippen molar-refractivity contribution in [3.63, 3.8) is 0 Å². The number of hydrogen-bond acceptors (Lipinski definition) is 3. The molecule has 1 aromatic rings. The number of ether oxygens (including phenoxy) is 1. The Labute approximate surface area is 147 Å². The Balaban J connectivity index is 2.31. The van der Waals surface area contributed by atoms with Crippen LogP contribution in [0.3, 0.4) is 0 Å². The first-order valence-corrected chi connectivity index (χ1v) is 7.82. The van der Waals surface area contributed by atoms with Crippen LogP contribution in [-0.2, 0) is 4.74 Å². The highest BCUT2D eigenvalue weighted by Gasteiger charge is 2.34. The molecule has 0 aromatic heterocycles. The van der Waals surface area contributed by atoms with E-state index in [9.17, 15) is 26.7 Å². The largest absolute Gasteiger partial charge is 0.444 e. The van der Waals surface area contributed by atoms with Gasteiger partial charge in [0.15, 0.2) is 11.6 Å². The third-order valence-corrected chi connectivity index (χ3v) is 3.51. The molecular weight excluding hydrogens is 359 g/mol. The maximum Gasteiger partial charge on any atom is 0.408 e. The number of carbonyl (C=O) groups excluding carboxylic acids is 1. The standard InChI is InChI=1S/C17H19F5N2O2/c1-16(2,3)26-15(25)24-14-10-7-12(19)11(18)6-9(10)4-5-13(14)23-8-17(20,21)22/h4-7,13-14,23H,8H2,1-3H3,(H,24,25)/t13-,14-/m1/s1. The number of carbonyl (C=O) groups is 1. The first-order valence-electron chi connectivity index (χ1n) is 7.82. The number of hydrogen-bond donors (Lipinski definition) is 2. The Morgan fingerprint density at radius 2 is 1.77 bits per heavy atom. The second-order valence-corrected chi connectivity index (χ2v) is 6.90. The molecule has 26 heavy (non-hydrogen) atoms. The minimum atomic E-state index is -4.47. The molecule has 0 saturated heterocycles. The molecule has 2 N–H and O–H groups in total. The summed E-state index contributed by atoms with van der Waals surface area (Å²) in [6.07, 6.45) is -2.63. The molecule has 0 radical (unpaired) electrons. The number of amides is 1. The fourth-order valence-electron chi connectivity index (χ4n) is 2.52. The molecule has 144 valence electrons. The average molecular weight is 378 g/mol. The first kappa shape index (κ1) is 20.2. The normalized spacial score (nSPS) is 19.8. The van der Waals surface area contributed by atoms with Gasteiger partial charge in [0, 0.05) is 0 Å². The molecule has 0 unspecified atom stereocenters. The highest BCUT2D eigenvalue weighted by atomic mass is 19.4. The lowest BCUT2D eigenvalue weighted by molar-refractivity contribution is -0.125. The van der Waals surface area contributed by atoms with Crippen LogP contribution in [0.1, 0.15) is 37.9 Å². The zero-order valence-electron chi connectivity index (χ0n) is 14.4. The van der Waals surface area contributed by atoms with E-state index >= 15 is 0 Å². The van der Waals surface area contributed by atoms with Gasteiger partial charge in [0.1, 0.15) is 5.60 Å². The quantitative estimate of drug-likeness (QED) is 0.780. The summed E-state index contributed by atoms with van der Waals surface area (Å²) in [5.41, 5.74) is -0.424. The van der Waals surface area contributed by atoms with Gasteiger partial charge in [0.25, 0.3) is 0 Å². The van der Waals surface area contributed by atoms with E-state index in [2.05, 4.69) is 10.6 Å².